The van der Waals surface area contributed by atoms with Crippen LogP contribution in [0.2, 0.25) is 0 Å². The molecule has 0 saturated heterocycles. The van der Waals surface area contributed by atoms with Crippen LogP contribution < -0.4 is 11.0 Å². The highest BCUT2D eigenvalue weighted by atomic mass is 16.4. The maximum absolute atomic E-state index is 12.1. The van der Waals surface area contributed by atoms with E-state index in [9.17, 15) is 14.4 Å². The van der Waals surface area contributed by atoms with Crippen LogP contribution in [0.15, 0.2) is 29.1 Å². The third-order valence-electron chi connectivity index (χ3n) is 3.32. The molecule has 0 fully saturated rings. The second-order valence-electron chi connectivity index (χ2n) is 5.62. The molecule has 0 aliphatic carbocycles. The summed E-state index contributed by atoms with van der Waals surface area (Å²) in [7, 11) is 0. The molecular formula is C15H19N3O4. The fourth-order valence-electron chi connectivity index (χ4n) is 2.34. The summed E-state index contributed by atoms with van der Waals surface area (Å²) in [5.74, 6) is -1.44. The molecule has 118 valence electrons. The standard InChI is InChI=1S/C15H19N3O4/c1-9(2)7-11(14(20)21)16-13(19)8-18-12-6-4-3-5-10(12)17-15(18)22/h3-6,9,11H,7-8H2,1-2H3,(H,16,19)(H,17,22)(H,20,21). The Bertz CT molecular complexity index is 745. The molecule has 0 aliphatic rings. The van der Waals surface area contributed by atoms with E-state index in [4.69, 9.17) is 5.11 Å². The minimum atomic E-state index is -1.08. The van der Waals surface area contributed by atoms with Crippen molar-refractivity contribution in [3.05, 3.63) is 34.7 Å². The average molecular weight is 305 g/mol. The van der Waals surface area contributed by atoms with Crippen LogP contribution in [0.25, 0.3) is 11.0 Å². The number of H-pyrrole nitrogens is 1. The normalized spacial score (nSPS) is 12.5. The highest BCUT2D eigenvalue weighted by molar-refractivity contribution is 5.84. The topological polar surface area (TPSA) is 104 Å². The molecular weight excluding hydrogens is 286 g/mol. The maximum atomic E-state index is 12.1. The Labute approximate surface area is 127 Å². The lowest BCUT2D eigenvalue weighted by Crippen LogP contribution is -2.43. The van der Waals surface area contributed by atoms with Crippen LogP contribution in [0.1, 0.15) is 20.3 Å². The first kappa shape index (κ1) is 15.8. The van der Waals surface area contributed by atoms with Gasteiger partial charge in [-0.1, -0.05) is 26.0 Å². The van der Waals surface area contributed by atoms with Gasteiger partial charge in [-0.05, 0) is 24.5 Å². The zero-order valence-electron chi connectivity index (χ0n) is 12.5. The van der Waals surface area contributed by atoms with Crippen LogP contribution in [-0.2, 0) is 16.1 Å². The van der Waals surface area contributed by atoms with Gasteiger partial charge in [0.05, 0.1) is 11.0 Å². The zero-order chi connectivity index (χ0) is 16.3. The number of rotatable bonds is 6. The summed E-state index contributed by atoms with van der Waals surface area (Å²) in [4.78, 5) is 37.8. The van der Waals surface area contributed by atoms with Gasteiger partial charge in [0, 0.05) is 0 Å². The molecule has 7 heteroatoms. The van der Waals surface area contributed by atoms with Gasteiger partial charge in [0.1, 0.15) is 12.6 Å². The van der Waals surface area contributed by atoms with Crippen LogP contribution in [0.3, 0.4) is 0 Å². The predicted molar refractivity (Wildman–Crippen MR) is 81.6 cm³/mol. The molecule has 2 aromatic rings. The Hall–Kier alpha value is -2.57. The van der Waals surface area contributed by atoms with E-state index >= 15 is 0 Å². The summed E-state index contributed by atoms with van der Waals surface area (Å²) in [5.41, 5.74) is 0.850. The Morgan fingerprint density at radius 3 is 2.64 bits per heavy atom. The summed E-state index contributed by atoms with van der Waals surface area (Å²) < 4.78 is 1.29. The first-order chi connectivity index (χ1) is 10.4. The number of nitrogens with one attached hydrogen (secondary N) is 2. The average Bonchev–Trinajstić information content (AvgIpc) is 2.74. The van der Waals surface area contributed by atoms with Gasteiger partial charge < -0.3 is 15.4 Å². The van der Waals surface area contributed by atoms with Crippen molar-refractivity contribution in [2.75, 3.05) is 0 Å². The molecule has 3 N–H and O–H groups in total. The number of amides is 1. The van der Waals surface area contributed by atoms with Gasteiger partial charge in [-0.15, -0.1) is 0 Å². The minimum Gasteiger partial charge on any atom is -0.480 e. The number of hydrogen-bond acceptors (Lipinski definition) is 3. The second kappa shape index (κ2) is 6.46. The molecule has 0 radical (unpaired) electrons. The fraction of sp³-hybridized carbons (Fsp3) is 0.400. The van der Waals surface area contributed by atoms with Gasteiger partial charge in [0.25, 0.3) is 0 Å². The Kier molecular flexibility index (Phi) is 4.65. The van der Waals surface area contributed by atoms with Crippen molar-refractivity contribution >= 4 is 22.9 Å². The highest BCUT2D eigenvalue weighted by Crippen LogP contribution is 2.09. The number of benzene rings is 1. The van der Waals surface area contributed by atoms with E-state index in [1.807, 2.05) is 13.8 Å². The summed E-state index contributed by atoms with van der Waals surface area (Å²) in [6.45, 7) is 3.54. The molecule has 2 rings (SSSR count). The van der Waals surface area contributed by atoms with Gasteiger partial charge in [-0.3, -0.25) is 9.36 Å². The monoisotopic (exact) mass is 305 g/mol. The van der Waals surface area contributed by atoms with Crippen LogP contribution in [0.5, 0.6) is 0 Å². The van der Waals surface area contributed by atoms with Crippen LogP contribution in [0, 0.1) is 5.92 Å². The first-order valence-electron chi connectivity index (χ1n) is 7.08. The zero-order valence-corrected chi connectivity index (χ0v) is 12.5. The molecule has 0 aliphatic heterocycles. The SMILES string of the molecule is CC(C)CC(NC(=O)Cn1c(=O)[nH]c2ccccc21)C(=O)O. The molecule has 1 heterocycles. The lowest BCUT2D eigenvalue weighted by Gasteiger charge is -2.16. The number of aromatic amines is 1. The van der Waals surface area contributed by atoms with Crippen molar-refractivity contribution in [3.8, 4) is 0 Å². The fourth-order valence-corrected chi connectivity index (χ4v) is 2.34. The molecule has 22 heavy (non-hydrogen) atoms. The number of carbonyl (C=O) groups excluding carboxylic acids is 1. The minimum absolute atomic E-state index is 0.136. The number of carboxylic acid groups (broad SMARTS) is 1. The third-order valence-corrected chi connectivity index (χ3v) is 3.32. The van der Waals surface area contributed by atoms with Crippen molar-refractivity contribution in [2.24, 2.45) is 5.92 Å². The quantitative estimate of drug-likeness (QED) is 0.739. The number of nitrogens with zero attached hydrogens (tertiary/aromatic N) is 1. The van der Waals surface area contributed by atoms with Gasteiger partial charge in [0.15, 0.2) is 0 Å². The first-order valence-corrected chi connectivity index (χ1v) is 7.08. The lowest BCUT2D eigenvalue weighted by molar-refractivity contribution is -0.142. The Morgan fingerprint density at radius 1 is 1.32 bits per heavy atom. The molecule has 1 unspecified atom stereocenters. The molecule has 7 nitrogen and oxygen atoms in total. The molecule has 1 aromatic heterocycles. The van der Waals surface area contributed by atoms with Gasteiger partial charge in [-0.25, -0.2) is 9.59 Å². The van der Waals surface area contributed by atoms with E-state index in [1.165, 1.54) is 4.57 Å². The van der Waals surface area contributed by atoms with Crippen molar-refractivity contribution in [1.29, 1.82) is 0 Å². The van der Waals surface area contributed by atoms with Gasteiger partial charge in [0.2, 0.25) is 5.91 Å². The molecule has 1 amide bonds. The Balaban J connectivity index is 2.15. The van der Waals surface area contributed by atoms with E-state index in [1.54, 1.807) is 24.3 Å². The summed E-state index contributed by atoms with van der Waals surface area (Å²) in [6.07, 6.45) is 0.337. The largest absolute Gasteiger partial charge is 0.480 e. The maximum Gasteiger partial charge on any atom is 0.326 e. The number of fused-ring (bicyclic) bond motifs is 1. The molecule has 0 bridgehead atoms. The van der Waals surface area contributed by atoms with E-state index < -0.39 is 23.6 Å². The summed E-state index contributed by atoms with van der Waals surface area (Å²) in [5, 5.41) is 11.6. The van der Waals surface area contributed by atoms with Crippen LogP contribution in [-0.4, -0.2) is 32.6 Å². The van der Waals surface area contributed by atoms with Gasteiger partial charge >= 0.3 is 11.7 Å². The highest BCUT2D eigenvalue weighted by Gasteiger charge is 2.21. The molecule has 0 saturated carbocycles. The summed E-state index contributed by atoms with van der Waals surface area (Å²) in [6, 6.07) is 6.07. The molecule has 1 atom stereocenters. The van der Waals surface area contributed by atoms with Crippen molar-refractivity contribution in [2.45, 2.75) is 32.9 Å². The second-order valence-corrected chi connectivity index (χ2v) is 5.62. The number of carbonyl (C=O) groups is 2. The van der Waals surface area contributed by atoms with Gasteiger partial charge in [-0.2, -0.15) is 0 Å². The molecule has 0 spiro atoms. The number of carboxylic acids is 1. The third kappa shape index (κ3) is 3.55. The van der Waals surface area contributed by atoms with Crippen LogP contribution in [0.4, 0.5) is 0 Å². The number of para-hydroxylation sites is 2. The lowest BCUT2D eigenvalue weighted by atomic mass is 10.0. The number of aromatic nitrogens is 2. The molecule has 1 aromatic carbocycles. The van der Waals surface area contributed by atoms with E-state index in [0.717, 1.165) is 0 Å². The predicted octanol–water partition coefficient (Wildman–Crippen LogP) is 0.945. The van der Waals surface area contributed by atoms with E-state index in [2.05, 4.69) is 10.3 Å². The van der Waals surface area contributed by atoms with E-state index in [0.29, 0.717) is 17.5 Å². The van der Waals surface area contributed by atoms with Crippen molar-refractivity contribution in [1.82, 2.24) is 14.9 Å². The number of aliphatic carboxylic acids is 1. The Morgan fingerprint density at radius 2 is 2.00 bits per heavy atom. The number of hydrogen-bond donors (Lipinski definition) is 3. The van der Waals surface area contributed by atoms with E-state index in [-0.39, 0.29) is 12.5 Å². The number of imidazole rings is 1. The van der Waals surface area contributed by atoms with Crippen LogP contribution >= 0.6 is 0 Å². The van der Waals surface area contributed by atoms with Crippen molar-refractivity contribution in [3.63, 3.8) is 0 Å². The summed E-state index contributed by atoms with van der Waals surface area (Å²) >= 11 is 0. The van der Waals surface area contributed by atoms with Crippen molar-refractivity contribution < 1.29 is 14.7 Å². The smallest absolute Gasteiger partial charge is 0.326 e.